The minimum absolute atomic E-state index is 0.287. The summed E-state index contributed by atoms with van der Waals surface area (Å²) >= 11 is 0. The number of hydrogen-bond donors (Lipinski definition) is 2. The topological polar surface area (TPSA) is 63.2 Å². The molecule has 0 unspecified atom stereocenters. The van der Waals surface area contributed by atoms with Crippen LogP contribution in [0.2, 0.25) is 0 Å². The maximum absolute atomic E-state index is 12.9. The normalized spacial score (nSPS) is 10.3. The first kappa shape index (κ1) is 18.4. The minimum Gasteiger partial charge on any atom is -0.496 e. The number of para-hydroxylation sites is 1. The second-order valence-corrected chi connectivity index (χ2v) is 5.88. The third-order valence-electron chi connectivity index (χ3n) is 4.01. The number of halogens is 1. The second-order valence-electron chi connectivity index (χ2n) is 5.88. The van der Waals surface area contributed by atoms with Gasteiger partial charge in [-0.05, 0) is 54.4 Å². The van der Waals surface area contributed by atoms with Gasteiger partial charge in [-0.3, -0.25) is 4.79 Å². The summed E-state index contributed by atoms with van der Waals surface area (Å²) in [4.78, 5) is 16.4. The maximum atomic E-state index is 12.9. The summed E-state index contributed by atoms with van der Waals surface area (Å²) in [5, 5.41) is 5.95. The molecule has 1 aromatic heterocycles. The lowest BCUT2D eigenvalue weighted by Gasteiger charge is -2.10. The van der Waals surface area contributed by atoms with Crippen LogP contribution in [0.3, 0.4) is 0 Å². The van der Waals surface area contributed by atoms with Gasteiger partial charge in [0.25, 0.3) is 5.91 Å². The minimum atomic E-state index is -0.352. The van der Waals surface area contributed by atoms with E-state index in [9.17, 15) is 9.18 Å². The molecule has 27 heavy (non-hydrogen) atoms. The van der Waals surface area contributed by atoms with Crippen molar-refractivity contribution in [2.24, 2.45) is 0 Å². The number of benzene rings is 2. The molecule has 0 saturated heterocycles. The average Bonchev–Trinajstić information content (AvgIpc) is 2.70. The monoisotopic (exact) mass is 365 g/mol. The molecule has 0 saturated carbocycles. The molecule has 0 spiro atoms. The molecular weight excluding hydrogens is 345 g/mol. The van der Waals surface area contributed by atoms with Crippen LogP contribution in [0.25, 0.3) is 0 Å². The van der Waals surface area contributed by atoms with Crippen molar-refractivity contribution in [3.8, 4) is 5.75 Å². The Bertz CT molecular complexity index is 896. The first-order valence-electron chi connectivity index (χ1n) is 8.54. The molecule has 1 heterocycles. The molecule has 2 N–H and O–H groups in total. The van der Waals surface area contributed by atoms with E-state index in [0.29, 0.717) is 12.2 Å². The lowest BCUT2D eigenvalue weighted by Crippen LogP contribution is -2.14. The summed E-state index contributed by atoms with van der Waals surface area (Å²) in [5.41, 5.74) is 2.75. The van der Waals surface area contributed by atoms with Crippen molar-refractivity contribution in [2.45, 2.75) is 6.42 Å². The van der Waals surface area contributed by atoms with E-state index < -0.39 is 0 Å². The SMILES string of the molecule is COc1ccccc1CCNc1ccc(C(=O)Nc2ccc(F)cc2)nc1. The number of hydrogen-bond acceptors (Lipinski definition) is 4. The zero-order valence-electron chi connectivity index (χ0n) is 14.9. The number of methoxy groups -OCH3 is 1. The van der Waals surface area contributed by atoms with Gasteiger partial charge in [-0.2, -0.15) is 0 Å². The van der Waals surface area contributed by atoms with E-state index in [4.69, 9.17) is 4.74 Å². The Hall–Kier alpha value is -3.41. The summed E-state index contributed by atoms with van der Waals surface area (Å²) in [6.07, 6.45) is 2.42. The molecule has 5 nitrogen and oxygen atoms in total. The van der Waals surface area contributed by atoms with Gasteiger partial charge in [0.05, 0.1) is 19.0 Å². The summed E-state index contributed by atoms with van der Waals surface area (Å²) in [6.45, 7) is 0.711. The fraction of sp³-hybridized carbons (Fsp3) is 0.143. The summed E-state index contributed by atoms with van der Waals surface area (Å²) in [5.74, 6) is 0.169. The quantitative estimate of drug-likeness (QED) is 0.661. The summed E-state index contributed by atoms with van der Waals surface area (Å²) < 4.78 is 18.2. The van der Waals surface area contributed by atoms with Gasteiger partial charge in [0.15, 0.2) is 0 Å². The van der Waals surface area contributed by atoms with Crippen molar-refractivity contribution >= 4 is 17.3 Å². The second kappa shape index (κ2) is 8.80. The number of rotatable bonds is 7. The van der Waals surface area contributed by atoms with Gasteiger partial charge in [0.1, 0.15) is 17.3 Å². The fourth-order valence-electron chi connectivity index (χ4n) is 2.61. The number of aromatic nitrogens is 1. The van der Waals surface area contributed by atoms with Crippen LogP contribution in [0.5, 0.6) is 5.75 Å². The van der Waals surface area contributed by atoms with Gasteiger partial charge >= 0.3 is 0 Å². The van der Waals surface area contributed by atoms with Crippen LogP contribution in [0, 0.1) is 5.82 Å². The summed E-state index contributed by atoms with van der Waals surface area (Å²) in [7, 11) is 1.66. The number of amides is 1. The third-order valence-corrected chi connectivity index (χ3v) is 4.01. The highest BCUT2D eigenvalue weighted by Crippen LogP contribution is 2.18. The smallest absolute Gasteiger partial charge is 0.274 e. The Morgan fingerprint density at radius 1 is 1.04 bits per heavy atom. The molecule has 2 aromatic carbocycles. The first-order valence-corrected chi connectivity index (χ1v) is 8.54. The third kappa shape index (κ3) is 5.04. The van der Waals surface area contributed by atoms with E-state index in [1.807, 2.05) is 24.3 Å². The first-order chi connectivity index (χ1) is 13.2. The number of carbonyl (C=O) groups is 1. The molecule has 138 valence electrons. The van der Waals surface area contributed by atoms with Crippen molar-refractivity contribution in [3.63, 3.8) is 0 Å². The van der Waals surface area contributed by atoms with E-state index in [-0.39, 0.29) is 17.4 Å². The standard InChI is InChI=1S/C21H20FN3O2/c1-27-20-5-3-2-4-15(20)12-13-23-18-10-11-19(24-14-18)21(26)25-17-8-6-16(22)7-9-17/h2-11,14,23H,12-13H2,1H3,(H,25,26). The lowest BCUT2D eigenvalue weighted by molar-refractivity contribution is 0.102. The van der Waals surface area contributed by atoms with E-state index in [1.165, 1.54) is 24.3 Å². The molecule has 3 aromatic rings. The molecule has 0 radical (unpaired) electrons. The van der Waals surface area contributed by atoms with Crippen molar-refractivity contribution in [3.05, 3.63) is 83.9 Å². The summed E-state index contributed by atoms with van der Waals surface area (Å²) in [6, 6.07) is 16.9. The van der Waals surface area contributed by atoms with E-state index >= 15 is 0 Å². The van der Waals surface area contributed by atoms with Gasteiger partial charge in [-0.1, -0.05) is 18.2 Å². The van der Waals surface area contributed by atoms with Gasteiger partial charge in [0.2, 0.25) is 0 Å². The van der Waals surface area contributed by atoms with E-state index in [1.54, 1.807) is 25.4 Å². The average molecular weight is 365 g/mol. The van der Waals surface area contributed by atoms with Crippen LogP contribution in [-0.2, 0) is 6.42 Å². The number of carbonyl (C=O) groups excluding carboxylic acids is 1. The van der Waals surface area contributed by atoms with Gasteiger partial charge in [-0.25, -0.2) is 9.37 Å². The largest absolute Gasteiger partial charge is 0.496 e. The molecule has 6 heteroatoms. The van der Waals surface area contributed by atoms with Gasteiger partial charge in [-0.15, -0.1) is 0 Å². The Labute approximate surface area is 157 Å². The lowest BCUT2D eigenvalue weighted by atomic mass is 10.1. The highest BCUT2D eigenvalue weighted by molar-refractivity contribution is 6.02. The fourth-order valence-corrected chi connectivity index (χ4v) is 2.61. The maximum Gasteiger partial charge on any atom is 0.274 e. The van der Waals surface area contributed by atoms with Gasteiger partial charge in [0, 0.05) is 12.2 Å². The van der Waals surface area contributed by atoms with Crippen molar-refractivity contribution in [2.75, 3.05) is 24.3 Å². The van der Waals surface area contributed by atoms with Crippen LogP contribution >= 0.6 is 0 Å². The Kier molecular flexibility index (Phi) is 5.99. The predicted molar refractivity (Wildman–Crippen MR) is 104 cm³/mol. The highest BCUT2D eigenvalue weighted by Gasteiger charge is 2.08. The molecule has 0 bridgehead atoms. The Morgan fingerprint density at radius 2 is 1.78 bits per heavy atom. The number of ether oxygens (including phenoxy) is 1. The number of nitrogens with zero attached hydrogens (tertiary/aromatic N) is 1. The number of anilines is 2. The molecule has 1 amide bonds. The predicted octanol–water partition coefficient (Wildman–Crippen LogP) is 4.14. The zero-order valence-corrected chi connectivity index (χ0v) is 14.9. The Morgan fingerprint density at radius 3 is 2.48 bits per heavy atom. The van der Waals surface area contributed by atoms with Crippen LogP contribution in [0.4, 0.5) is 15.8 Å². The number of nitrogens with one attached hydrogen (secondary N) is 2. The molecule has 0 fully saturated rings. The molecule has 3 rings (SSSR count). The van der Waals surface area contributed by atoms with Crippen LogP contribution < -0.4 is 15.4 Å². The van der Waals surface area contributed by atoms with Crippen molar-refractivity contribution in [1.82, 2.24) is 4.98 Å². The zero-order chi connectivity index (χ0) is 19.1. The van der Waals surface area contributed by atoms with Crippen molar-refractivity contribution < 1.29 is 13.9 Å². The molecular formula is C21H20FN3O2. The number of pyridine rings is 1. The van der Waals surface area contributed by atoms with E-state index in [2.05, 4.69) is 15.6 Å². The molecule has 0 aliphatic rings. The van der Waals surface area contributed by atoms with Crippen LogP contribution in [-0.4, -0.2) is 24.5 Å². The van der Waals surface area contributed by atoms with Gasteiger partial charge < -0.3 is 15.4 Å². The highest BCUT2D eigenvalue weighted by atomic mass is 19.1. The van der Waals surface area contributed by atoms with Crippen molar-refractivity contribution in [1.29, 1.82) is 0 Å². The Balaban J connectivity index is 1.53. The van der Waals surface area contributed by atoms with Crippen LogP contribution in [0.15, 0.2) is 66.9 Å². The van der Waals surface area contributed by atoms with E-state index in [0.717, 1.165) is 23.4 Å². The molecule has 0 aliphatic carbocycles. The molecule has 0 aliphatic heterocycles. The van der Waals surface area contributed by atoms with Crippen LogP contribution in [0.1, 0.15) is 16.1 Å². The molecule has 0 atom stereocenters.